The highest BCUT2D eigenvalue weighted by Gasteiger charge is 2.32. The van der Waals surface area contributed by atoms with Gasteiger partial charge in [0.1, 0.15) is 12.4 Å². The second-order valence-corrected chi connectivity index (χ2v) is 5.98. The van der Waals surface area contributed by atoms with E-state index >= 15 is 0 Å². The molecule has 1 aliphatic rings. The quantitative estimate of drug-likeness (QED) is 0.820. The molecule has 3 heterocycles. The SMILES string of the molecule is CO[C@@H]1C[C@@H](COc2cccnc2)N(Cc2cnccc2C)C1. The van der Waals surface area contributed by atoms with Crippen molar-refractivity contribution >= 4 is 0 Å². The Balaban J connectivity index is 1.65. The van der Waals surface area contributed by atoms with Gasteiger partial charge >= 0.3 is 0 Å². The van der Waals surface area contributed by atoms with Crippen molar-refractivity contribution in [2.75, 3.05) is 20.3 Å². The van der Waals surface area contributed by atoms with Crippen LogP contribution in [0.2, 0.25) is 0 Å². The minimum atomic E-state index is 0.259. The van der Waals surface area contributed by atoms with Gasteiger partial charge in [-0.15, -0.1) is 0 Å². The van der Waals surface area contributed by atoms with Crippen molar-refractivity contribution in [1.29, 1.82) is 0 Å². The summed E-state index contributed by atoms with van der Waals surface area (Å²) in [6, 6.07) is 6.21. The minimum absolute atomic E-state index is 0.259. The molecule has 0 unspecified atom stereocenters. The Morgan fingerprint density at radius 3 is 2.83 bits per heavy atom. The number of methoxy groups -OCH3 is 1. The fourth-order valence-corrected chi connectivity index (χ4v) is 2.98. The summed E-state index contributed by atoms with van der Waals surface area (Å²) in [6.45, 7) is 4.57. The van der Waals surface area contributed by atoms with Crippen LogP contribution >= 0.6 is 0 Å². The number of rotatable bonds is 6. The lowest BCUT2D eigenvalue weighted by Crippen LogP contribution is -2.34. The van der Waals surface area contributed by atoms with E-state index in [0.717, 1.165) is 25.3 Å². The van der Waals surface area contributed by atoms with Crippen molar-refractivity contribution in [3.8, 4) is 5.75 Å². The van der Waals surface area contributed by atoms with E-state index < -0.39 is 0 Å². The zero-order chi connectivity index (χ0) is 16.1. The summed E-state index contributed by atoms with van der Waals surface area (Å²) in [5.74, 6) is 0.811. The molecule has 23 heavy (non-hydrogen) atoms. The summed E-state index contributed by atoms with van der Waals surface area (Å²) in [5, 5.41) is 0. The Labute approximate surface area is 137 Å². The number of aromatic nitrogens is 2. The van der Waals surface area contributed by atoms with E-state index in [1.54, 1.807) is 19.5 Å². The molecule has 5 heteroatoms. The van der Waals surface area contributed by atoms with Crippen LogP contribution in [0.1, 0.15) is 17.5 Å². The van der Waals surface area contributed by atoms with Crippen LogP contribution in [0.15, 0.2) is 43.0 Å². The van der Waals surface area contributed by atoms with Gasteiger partial charge in [0.15, 0.2) is 0 Å². The van der Waals surface area contributed by atoms with Crippen LogP contribution in [-0.4, -0.2) is 47.3 Å². The maximum atomic E-state index is 5.91. The van der Waals surface area contributed by atoms with Gasteiger partial charge in [0, 0.05) is 44.8 Å². The Morgan fingerprint density at radius 1 is 1.22 bits per heavy atom. The molecule has 2 aromatic rings. The molecule has 2 atom stereocenters. The summed E-state index contributed by atoms with van der Waals surface area (Å²) >= 11 is 0. The Morgan fingerprint density at radius 2 is 2.09 bits per heavy atom. The lowest BCUT2D eigenvalue weighted by atomic mass is 10.1. The van der Waals surface area contributed by atoms with Crippen molar-refractivity contribution < 1.29 is 9.47 Å². The van der Waals surface area contributed by atoms with Gasteiger partial charge in [-0.1, -0.05) is 0 Å². The third kappa shape index (κ3) is 4.06. The molecule has 0 N–H and O–H groups in total. The topological polar surface area (TPSA) is 47.5 Å². The molecule has 1 fully saturated rings. The number of hydrogen-bond donors (Lipinski definition) is 0. The summed E-state index contributed by atoms with van der Waals surface area (Å²) in [4.78, 5) is 10.8. The van der Waals surface area contributed by atoms with E-state index in [-0.39, 0.29) is 6.10 Å². The number of aryl methyl sites for hydroxylation is 1. The summed E-state index contributed by atoms with van der Waals surface area (Å²) in [6.07, 6.45) is 8.53. The number of nitrogens with zero attached hydrogens (tertiary/aromatic N) is 3. The first-order chi connectivity index (χ1) is 11.3. The highest BCUT2D eigenvalue weighted by atomic mass is 16.5. The van der Waals surface area contributed by atoms with Crippen molar-refractivity contribution in [3.05, 3.63) is 54.1 Å². The van der Waals surface area contributed by atoms with Gasteiger partial charge in [0.25, 0.3) is 0 Å². The number of pyridine rings is 2. The van der Waals surface area contributed by atoms with Crippen LogP contribution in [0, 0.1) is 6.92 Å². The second-order valence-electron chi connectivity index (χ2n) is 5.98. The molecule has 0 bridgehead atoms. The van der Waals surface area contributed by atoms with Gasteiger partial charge in [-0.3, -0.25) is 14.9 Å². The summed E-state index contributed by atoms with van der Waals surface area (Å²) < 4.78 is 11.5. The van der Waals surface area contributed by atoms with Crippen LogP contribution in [0.3, 0.4) is 0 Å². The molecule has 0 radical (unpaired) electrons. The van der Waals surface area contributed by atoms with Crippen molar-refractivity contribution in [3.63, 3.8) is 0 Å². The maximum Gasteiger partial charge on any atom is 0.137 e. The Hall–Kier alpha value is -1.98. The monoisotopic (exact) mass is 313 g/mol. The van der Waals surface area contributed by atoms with Gasteiger partial charge in [-0.05, 0) is 42.7 Å². The average Bonchev–Trinajstić information content (AvgIpc) is 2.98. The van der Waals surface area contributed by atoms with Crippen LogP contribution in [0.5, 0.6) is 5.75 Å². The molecule has 122 valence electrons. The van der Waals surface area contributed by atoms with E-state index in [4.69, 9.17) is 9.47 Å². The summed E-state index contributed by atoms with van der Waals surface area (Å²) in [5.41, 5.74) is 2.53. The average molecular weight is 313 g/mol. The predicted octanol–water partition coefficient (Wildman–Crippen LogP) is 2.45. The lowest BCUT2D eigenvalue weighted by molar-refractivity contribution is 0.107. The van der Waals surface area contributed by atoms with Crippen LogP contribution in [0.4, 0.5) is 0 Å². The largest absolute Gasteiger partial charge is 0.490 e. The van der Waals surface area contributed by atoms with Crippen molar-refractivity contribution in [1.82, 2.24) is 14.9 Å². The van der Waals surface area contributed by atoms with Crippen LogP contribution < -0.4 is 4.74 Å². The lowest BCUT2D eigenvalue weighted by Gasteiger charge is -2.24. The Bertz CT molecular complexity index is 621. The van der Waals surface area contributed by atoms with Gasteiger partial charge in [0.05, 0.1) is 12.3 Å². The number of ether oxygens (including phenoxy) is 2. The fourth-order valence-electron chi connectivity index (χ4n) is 2.98. The molecule has 0 saturated carbocycles. The number of hydrogen-bond acceptors (Lipinski definition) is 5. The van der Waals surface area contributed by atoms with E-state index in [2.05, 4.69) is 27.9 Å². The molecular weight excluding hydrogens is 290 g/mol. The highest BCUT2D eigenvalue weighted by Crippen LogP contribution is 2.24. The molecule has 5 nitrogen and oxygen atoms in total. The third-order valence-electron chi connectivity index (χ3n) is 4.42. The van der Waals surface area contributed by atoms with Crippen molar-refractivity contribution in [2.45, 2.75) is 32.0 Å². The Kier molecular flexibility index (Phi) is 5.20. The molecule has 1 aliphatic heterocycles. The molecule has 0 aliphatic carbocycles. The summed E-state index contributed by atoms with van der Waals surface area (Å²) in [7, 11) is 1.78. The van der Waals surface area contributed by atoms with Gasteiger partial charge < -0.3 is 9.47 Å². The molecule has 0 amide bonds. The second kappa shape index (κ2) is 7.53. The van der Waals surface area contributed by atoms with Crippen LogP contribution in [0.25, 0.3) is 0 Å². The van der Waals surface area contributed by atoms with E-state index in [1.807, 2.05) is 24.5 Å². The third-order valence-corrected chi connectivity index (χ3v) is 4.42. The number of likely N-dealkylation sites (tertiary alicyclic amines) is 1. The molecule has 1 saturated heterocycles. The minimum Gasteiger partial charge on any atom is -0.490 e. The first kappa shape index (κ1) is 15.9. The van der Waals surface area contributed by atoms with Gasteiger partial charge in [-0.25, -0.2) is 0 Å². The first-order valence-corrected chi connectivity index (χ1v) is 7.95. The normalized spacial score (nSPS) is 21.5. The molecule has 0 spiro atoms. The highest BCUT2D eigenvalue weighted by molar-refractivity contribution is 5.21. The molecule has 3 rings (SSSR count). The van der Waals surface area contributed by atoms with Crippen molar-refractivity contribution in [2.24, 2.45) is 0 Å². The van der Waals surface area contributed by atoms with Crippen LogP contribution in [-0.2, 0) is 11.3 Å². The smallest absolute Gasteiger partial charge is 0.137 e. The maximum absolute atomic E-state index is 5.91. The molecular formula is C18H23N3O2. The standard InChI is InChI=1S/C18H23N3O2/c1-14-5-7-20-9-15(14)11-21-12-18(22-2)8-16(21)13-23-17-4-3-6-19-10-17/h3-7,9-10,16,18H,8,11-13H2,1-2H3/t16-,18+/m0/s1. The van der Waals surface area contributed by atoms with E-state index in [9.17, 15) is 0 Å². The zero-order valence-electron chi connectivity index (χ0n) is 13.7. The van der Waals surface area contributed by atoms with E-state index in [0.29, 0.717) is 12.6 Å². The van der Waals surface area contributed by atoms with E-state index in [1.165, 1.54) is 11.1 Å². The van der Waals surface area contributed by atoms with Gasteiger partial charge in [0.2, 0.25) is 0 Å². The van der Waals surface area contributed by atoms with Gasteiger partial charge in [-0.2, -0.15) is 0 Å². The first-order valence-electron chi connectivity index (χ1n) is 7.95. The molecule has 0 aromatic carbocycles. The fraction of sp³-hybridized carbons (Fsp3) is 0.444. The predicted molar refractivity (Wildman–Crippen MR) is 88.3 cm³/mol. The molecule has 2 aromatic heterocycles. The zero-order valence-corrected chi connectivity index (χ0v) is 13.7.